The van der Waals surface area contributed by atoms with Crippen LogP contribution >= 0.6 is 0 Å². The van der Waals surface area contributed by atoms with Gasteiger partial charge in [-0.1, -0.05) is 13.0 Å². The van der Waals surface area contributed by atoms with Gasteiger partial charge in [-0.15, -0.1) is 0 Å². The molecule has 4 heteroatoms. The van der Waals surface area contributed by atoms with E-state index in [0.717, 1.165) is 0 Å². The Morgan fingerprint density at radius 3 is 2.64 bits per heavy atom. The molecule has 0 aromatic heterocycles. The molecule has 78 valence electrons. The summed E-state index contributed by atoms with van der Waals surface area (Å²) in [4.78, 5) is 0. The summed E-state index contributed by atoms with van der Waals surface area (Å²) in [5.41, 5.74) is 11.9. The summed E-state index contributed by atoms with van der Waals surface area (Å²) < 4.78 is 12.7. The lowest BCUT2D eigenvalue weighted by atomic mass is 9.99. The number of benzene rings is 1. The van der Waals surface area contributed by atoms with E-state index in [4.69, 9.17) is 11.5 Å². The molecule has 0 amide bonds. The summed E-state index contributed by atoms with van der Waals surface area (Å²) in [6, 6.07) is 3.53. The number of nitrogen functional groups attached to an aromatic ring is 1. The van der Waals surface area contributed by atoms with Crippen molar-refractivity contribution in [2.45, 2.75) is 25.5 Å². The molecule has 0 aliphatic heterocycles. The zero-order valence-corrected chi connectivity index (χ0v) is 8.07. The Kier molecular flexibility index (Phi) is 3.43. The van der Waals surface area contributed by atoms with Gasteiger partial charge in [0, 0.05) is 17.3 Å². The average Bonchev–Trinajstić information content (AvgIpc) is 2.15. The lowest BCUT2D eigenvalue weighted by Crippen LogP contribution is -2.27. The first-order valence-corrected chi connectivity index (χ1v) is 4.54. The second kappa shape index (κ2) is 4.39. The summed E-state index contributed by atoms with van der Waals surface area (Å²) in [6.45, 7) is 1.87. The van der Waals surface area contributed by atoms with Crippen LogP contribution in [0.1, 0.15) is 25.0 Å². The van der Waals surface area contributed by atoms with E-state index >= 15 is 0 Å². The van der Waals surface area contributed by atoms with Gasteiger partial charge in [-0.3, -0.25) is 0 Å². The van der Waals surface area contributed by atoms with Gasteiger partial charge in [-0.05, 0) is 18.6 Å². The van der Waals surface area contributed by atoms with Crippen LogP contribution in [0, 0.1) is 5.82 Å². The monoisotopic (exact) mass is 198 g/mol. The summed E-state index contributed by atoms with van der Waals surface area (Å²) >= 11 is 0. The zero-order valence-electron chi connectivity index (χ0n) is 8.07. The van der Waals surface area contributed by atoms with Gasteiger partial charge in [-0.25, -0.2) is 4.39 Å². The van der Waals surface area contributed by atoms with E-state index in [9.17, 15) is 9.50 Å². The number of hydrogen-bond donors (Lipinski definition) is 3. The predicted octanol–water partition coefficient (Wildman–Crippen LogP) is 1.18. The van der Waals surface area contributed by atoms with Crippen molar-refractivity contribution in [3.8, 4) is 0 Å². The molecule has 14 heavy (non-hydrogen) atoms. The van der Waals surface area contributed by atoms with Crippen LogP contribution in [-0.2, 0) is 0 Å². The van der Waals surface area contributed by atoms with Gasteiger partial charge < -0.3 is 16.6 Å². The number of aliphatic hydroxyl groups excluding tert-OH is 1. The van der Waals surface area contributed by atoms with E-state index in [1.807, 2.05) is 6.92 Å². The molecule has 0 saturated carbocycles. The highest BCUT2D eigenvalue weighted by molar-refractivity contribution is 5.48. The Balaban J connectivity index is 2.95. The molecule has 2 atom stereocenters. The van der Waals surface area contributed by atoms with Gasteiger partial charge >= 0.3 is 0 Å². The third-order valence-corrected chi connectivity index (χ3v) is 2.24. The molecular formula is C10H15FN2O. The molecule has 0 fully saturated rings. The van der Waals surface area contributed by atoms with Crippen molar-refractivity contribution in [3.63, 3.8) is 0 Å². The second-order valence-electron chi connectivity index (χ2n) is 3.29. The minimum absolute atomic E-state index is 0.237. The average molecular weight is 198 g/mol. The predicted molar refractivity (Wildman–Crippen MR) is 54.0 cm³/mol. The first kappa shape index (κ1) is 10.9. The van der Waals surface area contributed by atoms with Crippen molar-refractivity contribution in [1.82, 2.24) is 0 Å². The highest BCUT2D eigenvalue weighted by Crippen LogP contribution is 2.24. The number of rotatable bonds is 3. The summed E-state index contributed by atoms with van der Waals surface area (Å²) in [6.07, 6.45) is -0.196. The molecular weight excluding hydrogens is 183 g/mol. The maximum absolute atomic E-state index is 12.7. The standard InChI is InChI=1S/C10H15FN2O/c1-2-8(12)10(14)7-4-3-6(11)5-9(7)13/h3-5,8,10,14H,2,12-13H2,1H3/t8-,10-/m0/s1. The van der Waals surface area contributed by atoms with Crippen LogP contribution in [0.2, 0.25) is 0 Å². The summed E-state index contributed by atoms with van der Waals surface area (Å²) in [5.74, 6) is -0.413. The van der Waals surface area contributed by atoms with Crippen LogP contribution in [0.5, 0.6) is 0 Å². The van der Waals surface area contributed by atoms with Crippen LogP contribution in [-0.4, -0.2) is 11.1 Å². The van der Waals surface area contributed by atoms with Crippen molar-refractivity contribution in [3.05, 3.63) is 29.6 Å². The van der Waals surface area contributed by atoms with Crippen LogP contribution < -0.4 is 11.5 Å². The molecule has 0 unspecified atom stereocenters. The molecule has 1 aromatic carbocycles. The fourth-order valence-corrected chi connectivity index (χ4v) is 1.27. The van der Waals surface area contributed by atoms with Crippen molar-refractivity contribution < 1.29 is 9.50 Å². The Morgan fingerprint density at radius 1 is 1.50 bits per heavy atom. The van der Waals surface area contributed by atoms with Crippen LogP contribution in [0.4, 0.5) is 10.1 Å². The fraction of sp³-hybridized carbons (Fsp3) is 0.400. The molecule has 0 saturated heterocycles. The smallest absolute Gasteiger partial charge is 0.125 e. The normalized spacial score (nSPS) is 15.1. The zero-order chi connectivity index (χ0) is 10.7. The molecule has 0 heterocycles. The van der Waals surface area contributed by atoms with Crippen LogP contribution in [0.15, 0.2) is 18.2 Å². The van der Waals surface area contributed by atoms with Crippen molar-refractivity contribution in [2.24, 2.45) is 5.73 Å². The van der Waals surface area contributed by atoms with Gasteiger partial charge in [-0.2, -0.15) is 0 Å². The molecule has 1 rings (SSSR count). The van der Waals surface area contributed by atoms with Crippen molar-refractivity contribution >= 4 is 5.69 Å². The third-order valence-electron chi connectivity index (χ3n) is 2.24. The number of aliphatic hydroxyl groups is 1. The largest absolute Gasteiger partial charge is 0.398 e. The number of anilines is 1. The molecule has 1 aromatic rings. The molecule has 0 aliphatic carbocycles. The second-order valence-corrected chi connectivity index (χ2v) is 3.29. The minimum atomic E-state index is -0.833. The van der Waals surface area contributed by atoms with E-state index in [2.05, 4.69) is 0 Å². The van der Waals surface area contributed by atoms with E-state index in [-0.39, 0.29) is 11.7 Å². The highest BCUT2D eigenvalue weighted by Gasteiger charge is 2.17. The lowest BCUT2D eigenvalue weighted by Gasteiger charge is -2.18. The van der Waals surface area contributed by atoms with Crippen molar-refractivity contribution in [1.29, 1.82) is 0 Å². The molecule has 0 aliphatic rings. The van der Waals surface area contributed by atoms with Gasteiger partial charge in [0.1, 0.15) is 5.82 Å². The first-order chi connectivity index (χ1) is 6.56. The highest BCUT2D eigenvalue weighted by atomic mass is 19.1. The molecule has 0 radical (unpaired) electrons. The Bertz CT molecular complexity index is 317. The maximum Gasteiger partial charge on any atom is 0.125 e. The number of nitrogens with two attached hydrogens (primary N) is 2. The van der Waals surface area contributed by atoms with Gasteiger partial charge in [0.25, 0.3) is 0 Å². The van der Waals surface area contributed by atoms with Crippen LogP contribution in [0.25, 0.3) is 0 Å². The topological polar surface area (TPSA) is 72.3 Å². The number of hydrogen-bond acceptors (Lipinski definition) is 3. The van der Waals surface area contributed by atoms with Crippen molar-refractivity contribution in [2.75, 3.05) is 5.73 Å². The quantitative estimate of drug-likeness (QED) is 0.638. The molecule has 5 N–H and O–H groups in total. The molecule has 0 spiro atoms. The SMILES string of the molecule is CC[C@H](N)[C@@H](O)c1ccc(F)cc1N. The lowest BCUT2D eigenvalue weighted by molar-refractivity contribution is 0.145. The fourth-order valence-electron chi connectivity index (χ4n) is 1.27. The molecule has 3 nitrogen and oxygen atoms in total. The van der Waals surface area contributed by atoms with Gasteiger partial charge in [0.15, 0.2) is 0 Å². The molecule has 0 bridgehead atoms. The minimum Gasteiger partial charge on any atom is -0.398 e. The van der Waals surface area contributed by atoms with E-state index in [1.165, 1.54) is 18.2 Å². The maximum atomic E-state index is 12.7. The van der Waals surface area contributed by atoms with E-state index in [0.29, 0.717) is 12.0 Å². The van der Waals surface area contributed by atoms with Crippen LogP contribution in [0.3, 0.4) is 0 Å². The summed E-state index contributed by atoms with van der Waals surface area (Å²) in [7, 11) is 0. The third kappa shape index (κ3) is 2.21. The van der Waals surface area contributed by atoms with Gasteiger partial charge in [0.2, 0.25) is 0 Å². The Labute approximate surface area is 82.5 Å². The van der Waals surface area contributed by atoms with E-state index in [1.54, 1.807) is 0 Å². The first-order valence-electron chi connectivity index (χ1n) is 4.54. The van der Waals surface area contributed by atoms with Gasteiger partial charge in [0.05, 0.1) is 6.10 Å². The summed E-state index contributed by atoms with van der Waals surface area (Å²) in [5, 5.41) is 9.73. The van der Waals surface area contributed by atoms with E-state index < -0.39 is 11.9 Å². The number of halogens is 1. The Hall–Kier alpha value is -1.13. The Morgan fingerprint density at radius 2 is 2.14 bits per heavy atom.